The van der Waals surface area contributed by atoms with Gasteiger partial charge in [-0.2, -0.15) is 0 Å². The van der Waals surface area contributed by atoms with Crippen LogP contribution < -0.4 is 14.4 Å². The van der Waals surface area contributed by atoms with E-state index in [1.165, 1.54) is 0 Å². The molecule has 0 radical (unpaired) electrons. The van der Waals surface area contributed by atoms with Gasteiger partial charge in [-0.3, -0.25) is 9.10 Å². The Labute approximate surface area is 194 Å². The number of carbonyl (C=O) groups is 1. The van der Waals surface area contributed by atoms with Gasteiger partial charge in [-0.05, 0) is 79.3 Å². The number of anilines is 1. The van der Waals surface area contributed by atoms with Gasteiger partial charge >= 0.3 is 0 Å². The molecule has 6 nitrogen and oxygen atoms in total. The highest BCUT2D eigenvalue weighted by molar-refractivity contribution is 9.10. The van der Waals surface area contributed by atoms with Gasteiger partial charge in [0.05, 0.1) is 25.1 Å². The summed E-state index contributed by atoms with van der Waals surface area (Å²) >= 11 is 3.42. The first-order valence-electron chi connectivity index (χ1n) is 10.1. The average Bonchev–Trinajstić information content (AvgIpc) is 2.66. The number of hydrogen-bond acceptors (Lipinski definition) is 4. The van der Waals surface area contributed by atoms with Crippen LogP contribution in [0.3, 0.4) is 0 Å². The molecule has 0 heterocycles. The van der Waals surface area contributed by atoms with E-state index in [2.05, 4.69) is 41.2 Å². The van der Waals surface area contributed by atoms with Gasteiger partial charge in [-0.1, -0.05) is 29.8 Å². The third kappa shape index (κ3) is 6.23. The van der Waals surface area contributed by atoms with E-state index >= 15 is 0 Å². The molecular weight excluding hydrogens is 480 g/mol. The van der Waals surface area contributed by atoms with Crippen LogP contribution in [0.1, 0.15) is 55.0 Å². The maximum Gasteiger partial charge on any atom is 0.241 e. The quantitative estimate of drug-likeness (QED) is 0.551. The summed E-state index contributed by atoms with van der Waals surface area (Å²) < 4.78 is 32.3. The van der Waals surface area contributed by atoms with E-state index in [1.54, 1.807) is 25.3 Å². The molecule has 8 heteroatoms. The second-order valence-electron chi connectivity index (χ2n) is 8.10. The van der Waals surface area contributed by atoms with Crippen molar-refractivity contribution in [2.75, 3.05) is 24.2 Å². The maximum atomic E-state index is 12.8. The zero-order chi connectivity index (χ0) is 23.5. The number of carbonyl (C=O) groups excluding carboxylic acids is 1. The number of aryl methyl sites for hydroxylation is 2. The Balaban J connectivity index is 2.27. The van der Waals surface area contributed by atoms with Crippen molar-refractivity contribution < 1.29 is 17.9 Å². The van der Waals surface area contributed by atoms with E-state index in [0.717, 1.165) is 43.0 Å². The molecular formula is C23H31BrN2O4S. The van der Waals surface area contributed by atoms with Crippen molar-refractivity contribution in [2.24, 2.45) is 0 Å². The average molecular weight is 511 g/mol. The number of halogens is 1. The van der Waals surface area contributed by atoms with E-state index in [4.69, 9.17) is 4.74 Å². The van der Waals surface area contributed by atoms with Gasteiger partial charge in [0.2, 0.25) is 15.9 Å². The molecule has 170 valence electrons. The van der Waals surface area contributed by atoms with Gasteiger partial charge in [0, 0.05) is 4.47 Å². The summed E-state index contributed by atoms with van der Waals surface area (Å²) in [7, 11) is -1.99. The Hall–Kier alpha value is -2.06. The molecule has 1 atom stereocenters. The lowest BCUT2D eigenvalue weighted by atomic mass is 9.93. The van der Waals surface area contributed by atoms with Crippen LogP contribution in [0.5, 0.6) is 5.75 Å². The van der Waals surface area contributed by atoms with Crippen LogP contribution in [-0.4, -0.2) is 34.2 Å². The summed E-state index contributed by atoms with van der Waals surface area (Å²) in [5.74, 6) is 0.710. The van der Waals surface area contributed by atoms with E-state index in [0.29, 0.717) is 5.69 Å². The van der Waals surface area contributed by atoms with Gasteiger partial charge in [0.25, 0.3) is 0 Å². The molecule has 0 bridgehead atoms. The largest absolute Gasteiger partial charge is 0.496 e. The number of nitrogens with zero attached hydrogens (tertiary/aromatic N) is 1. The molecule has 0 fully saturated rings. The number of ether oxygens (including phenoxy) is 1. The van der Waals surface area contributed by atoms with Crippen LogP contribution in [0.15, 0.2) is 34.8 Å². The third-order valence-electron chi connectivity index (χ3n) is 5.20. The third-order valence-corrected chi connectivity index (χ3v) is 7.23. The summed E-state index contributed by atoms with van der Waals surface area (Å²) in [5.41, 5.74) is 4.37. The second kappa shape index (κ2) is 10.0. The van der Waals surface area contributed by atoms with Crippen molar-refractivity contribution >= 4 is 37.5 Å². The SMILES string of the molecule is COc1cc(C)c([C@@H](C)NC(=O)CN(c2ccc(Br)c(C)c2)S(C)(=O)=O)cc1C(C)C. The standard InChI is InChI=1S/C23H31BrN2O4S/c1-14(2)19-12-20(15(3)11-22(19)30-6)17(5)25-23(27)13-26(31(7,28)29)18-8-9-21(24)16(4)10-18/h8-12,14,17H,13H2,1-7H3,(H,25,27)/t17-/m1/s1. The Morgan fingerprint density at radius 3 is 2.26 bits per heavy atom. The number of hydrogen-bond donors (Lipinski definition) is 1. The van der Waals surface area contributed by atoms with Crippen LogP contribution in [0.25, 0.3) is 0 Å². The number of methoxy groups -OCH3 is 1. The smallest absolute Gasteiger partial charge is 0.241 e. The zero-order valence-electron chi connectivity index (χ0n) is 19.1. The van der Waals surface area contributed by atoms with Crippen LogP contribution in [0, 0.1) is 13.8 Å². The van der Waals surface area contributed by atoms with Gasteiger partial charge in [-0.25, -0.2) is 8.42 Å². The topological polar surface area (TPSA) is 75.7 Å². The summed E-state index contributed by atoms with van der Waals surface area (Å²) in [6, 6.07) is 8.93. The first-order chi connectivity index (χ1) is 14.3. The highest BCUT2D eigenvalue weighted by atomic mass is 79.9. The van der Waals surface area contributed by atoms with Crippen molar-refractivity contribution in [3.05, 3.63) is 57.1 Å². The molecule has 0 spiro atoms. The number of rotatable bonds is 8. The second-order valence-corrected chi connectivity index (χ2v) is 10.9. The highest BCUT2D eigenvalue weighted by Crippen LogP contribution is 2.32. The molecule has 0 saturated carbocycles. The summed E-state index contributed by atoms with van der Waals surface area (Å²) in [6.45, 7) is 9.61. The molecule has 2 rings (SSSR count). The molecule has 0 aliphatic rings. The molecule has 0 aliphatic carbocycles. The van der Waals surface area contributed by atoms with Crippen LogP contribution in [-0.2, 0) is 14.8 Å². The molecule has 1 N–H and O–H groups in total. The Kier molecular flexibility index (Phi) is 8.16. The van der Waals surface area contributed by atoms with Crippen LogP contribution in [0.4, 0.5) is 5.69 Å². The van der Waals surface area contributed by atoms with Crippen molar-refractivity contribution in [1.29, 1.82) is 0 Å². The van der Waals surface area contributed by atoms with Crippen molar-refractivity contribution in [1.82, 2.24) is 5.32 Å². The van der Waals surface area contributed by atoms with E-state index in [9.17, 15) is 13.2 Å². The normalized spacial score (nSPS) is 12.5. The fraction of sp³-hybridized carbons (Fsp3) is 0.435. The van der Waals surface area contributed by atoms with Crippen molar-refractivity contribution in [3.63, 3.8) is 0 Å². The lowest BCUT2D eigenvalue weighted by molar-refractivity contribution is -0.120. The highest BCUT2D eigenvalue weighted by Gasteiger charge is 2.23. The number of amides is 1. The minimum absolute atomic E-state index is 0.263. The van der Waals surface area contributed by atoms with Gasteiger partial charge in [0.15, 0.2) is 0 Å². The van der Waals surface area contributed by atoms with Crippen LogP contribution in [0.2, 0.25) is 0 Å². The molecule has 1 amide bonds. The summed E-state index contributed by atoms with van der Waals surface area (Å²) in [4.78, 5) is 12.8. The predicted molar refractivity (Wildman–Crippen MR) is 129 cm³/mol. The summed E-state index contributed by atoms with van der Waals surface area (Å²) in [6.07, 6.45) is 1.10. The number of benzene rings is 2. The van der Waals surface area contributed by atoms with E-state index in [1.807, 2.05) is 26.8 Å². The molecule has 0 unspecified atom stereocenters. The lowest BCUT2D eigenvalue weighted by Crippen LogP contribution is -2.41. The lowest BCUT2D eigenvalue weighted by Gasteiger charge is -2.25. The molecule has 0 saturated heterocycles. The Bertz CT molecular complexity index is 1070. The number of nitrogens with one attached hydrogen (secondary N) is 1. The molecule has 31 heavy (non-hydrogen) atoms. The molecule has 0 aliphatic heterocycles. The molecule has 2 aromatic rings. The zero-order valence-corrected chi connectivity index (χ0v) is 21.5. The van der Waals surface area contributed by atoms with E-state index < -0.39 is 10.0 Å². The van der Waals surface area contributed by atoms with Gasteiger partial charge < -0.3 is 10.1 Å². The first kappa shape index (κ1) is 25.2. The first-order valence-corrected chi connectivity index (χ1v) is 12.7. The van der Waals surface area contributed by atoms with Crippen molar-refractivity contribution in [3.8, 4) is 5.75 Å². The fourth-order valence-electron chi connectivity index (χ4n) is 3.49. The fourth-order valence-corrected chi connectivity index (χ4v) is 4.58. The van der Waals surface area contributed by atoms with Gasteiger partial charge in [0.1, 0.15) is 12.3 Å². The minimum Gasteiger partial charge on any atom is -0.496 e. The molecule has 2 aromatic carbocycles. The van der Waals surface area contributed by atoms with E-state index in [-0.39, 0.29) is 24.4 Å². The summed E-state index contributed by atoms with van der Waals surface area (Å²) in [5, 5.41) is 2.94. The Morgan fingerprint density at radius 1 is 1.10 bits per heavy atom. The van der Waals surface area contributed by atoms with Crippen molar-refractivity contribution in [2.45, 2.75) is 46.6 Å². The predicted octanol–water partition coefficient (Wildman–Crippen LogP) is 4.84. The monoisotopic (exact) mass is 510 g/mol. The maximum absolute atomic E-state index is 12.8. The van der Waals surface area contributed by atoms with Crippen LogP contribution >= 0.6 is 15.9 Å². The van der Waals surface area contributed by atoms with Gasteiger partial charge in [-0.15, -0.1) is 0 Å². The number of sulfonamides is 1. The molecule has 0 aromatic heterocycles. The minimum atomic E-state index is -3.64. The Morgan fingerprint density at radius 2 is 1.74 bits per heavy atom.